The molecule has 0 radical (unpaired) electrons. The maximum Gasteiger partial charge on any atom is 0.228 e. The summed E-state index contributed by atoms with van der Waals surface area (Å²) in [6, 6.07) is 16.2. The molecule has 0 spiro atoms. The Kier molecular flexibility index (Phi) is 5.01. The van der Waals surface area contributed by atoms with E-state index in [1.54, 1.807) is 18.0 Å². The summed E-state index contributed by atoms with van der Waals surface area (Å²) in [5, 5.41) is 2.58. The number of thiazole rings is 1. The van der Waals surface area contributed by atoms with Crippen LogP contribution in [0, 0.1) is 5.82 Å². The Morgan fingerprint density at radius 1 is 1.17 bits per heavy atom. The Morgan fingerprint density at radius 2 is 1.96 bits per heavy atom. The van der Waals surface area contributed by atoms with Crippen LogP contribution < -0.4 is 0 Å². The third-order valence-electron chi connectivity index (χ3n) is 3.64. The second-order valence-corrected chi connectivity index (χ2v) is 6.42. The Bertz CT molecular complexity index is 832. The van der Waals surface area contributed by atoms with Gasteiger partial charge in [0.2, 0.25) is 5.91 Å². The molecule has 0 atom stereocenters. The summed E-state index contributed by atoms with van der Waals surface area (Å²) < 4.78 is 13.3. The van der Waals surface area contributed by atoms with E-state index < -0.39 is 0 Å². The van der Waals surface area contributed by atoms with E-state index in [2.05, 4.69) is 4.98 Å². The topological polar surface area (TPSA) is 33.2 Å². The second-order valence-electron chi connectivity index (χ2n) is 5.57. The van der Waals surface area contributed by atoms with Crippen LogP contribution in [0.4, 0.5) is 4.39 Å². The minimum absolute atomic E-state index is 0.00921. The molecule has 0 bridgehead atoms. The van der Waals surface area contributed by atoms with Crippen molar-refractivity contribution in [2.45, 2.75) is 13.0 Å². The van der Waals surface area contributed by atoms with E-state index in [4.69, 9.17) is 0 Å². The van der Waals surface area contributed by atoms with Gasteiger partial charge in [-0.1, -0.05) is 42.5 Å². The molecular formula is C19H17FN2OS. The first-order valence-electron chi connectivity index (χ1n) is 7.60. The highest BCUT2D eigenvalue weighted by Crippen LogP contribution is 2.24. The fraction of sp³-hybridized carbons (Fsp3) is 0.158. The van der Waals surface area contributed by atoms with Crippen molar-refractivity contribution in [3.05, 3.63) is 77.1 Å². The van der Waals surface area contributed by atoms with Crippen molar-refractivity contribution in [2.75, 3.05) is 7.05 Å². The van der Waals surface area contributed by atoms with Gasteiger partial charge in [0.05, 0.1) is 12.1 Å². The largest absolute Gasteiger partial charge is 0.341 e. The number of aromatic nitrogens is 1. The molecule has 0 N–H and O–H groups in total. The summed E-state index contributed by atoms with van der Waals surface area (Å²) in [5.74, 6) is -0.280. The molecular weight excluding hydrogens is 323 g/mol. The summed E-state index contributed by atoms with van der Waals surface area (Å²) in [7, 11) is 1.79. The molecule has 2 aromatic carbocycles. The van der Waals surface area contributed by atoms with Gasteiger partial charge in [0.15, 0.2) is 0 Å². The third-order valence-corrected chi connectivity index (χ3v) is 4.58. The first kappa shape index (κ1) is 16.3. The highest BCUT2D eigenvalue weighted by atomic mass is 32.1. The quantitative estimate of drug-likeness (QED) is 0.699. The average molecular weight is 340 g/mol. The fourth-order valence-corrected chi connectivity index (χ4v) is 3.19. The van der Waals surface area contributed by atoms with Gasteiger partial charge in [-0.3, -0.25) is 4.79 Å². The van der Waals surface area contributed by atoms with E-state index >= 15 is 0 Å². The lowest BCUT2D eigenvalue weighted by molar-refractivity contribution is -0.129. The van der Waals surface area contributed by atoms with Crippen molar-refractivity contribution in [3.63, 3.8) is 0 Å². The molecule has 0 aliphatic carbocycles. The second kappa shape index (κ2) is 7.36. The molecule has 1 amide bonds. The molecule has 3 aromatic rings. The van der Waals surface area contributed by atoms with E-state index in [0.29, 0.717) is 12.2 Å². The van der Waals surface area contributed by atoms with Crippen molar-refractivity contribution in [1.82, 2.24) is 9.88 Å². The summed E-state index contributed by atoms with van der Waals surface area (Å²) >= 11 is 1.42. The van der Waals surface area contributed by atoms with Gasteiger partial charge in [0.25, 0.3) is 0 Å². The number of benzene rings is 2. The molecule has 1 heterocycles. The van der Waals surface area contributed by atoms with Gasteiger partial charge < -0.3 is 4.90 Å². The van der Waals surface area contributed by atoms with Crippen molar-refractivity contribution >= 4 is 17.2 Å². The van der Waals surface area contributed by atoms with Crippen LogP contribution in [0.3, 0.4) is 0 Å². The summed E-state index contributed by atoms with van der Waals surface area (Å²) in [4.78, 5) is 18.5. The van der Waals surface area contributed by atoms with Crippen LogP contribution in [-0.2, 0) is 17.8 Å². The number of carbonyl (C=O) groups is 1. The highest BCUT2D eigenvalue weighted by Gasteiger charge is 2.13. The minimum atomic E-state index is -0.289. The summed E-state index contributed by atoms with van der Waals surface area (Å²) in [6.07, 6.45) is 0.245. The molecule has 122 valence electrons. The fourth-order valence-electron chi connectivity index (χ4n) is 2.38. The van der Waals surface area contributed by atoms with Crippen LogP contribution in [-0.4, -0.2) is 22.8 Å². The number of rotatable bonds is 5. The molecule has 0 aliphatic heterocycles. The Hall–Kier alpha value is -2.53. The normalized spacial score (nSPS) is 10.6. The number of amides is 1. The Labute approximate surface area is 144 Å². The average Bonchev–Trinajstić information content (AvgIpc) is 3.04. The molecule has 0 unspecified atom stereocenters. The molecule has 3 rings (SSSR count). The van der Waals surface area contributed by atoms with Crippen molar-refractivity contribution < 1.29 is 9.18 Å². The molecule has 0 fully saturated rings. The molecule has 1 aromatic heterocycles. The van der Waals surface area contributed by atoms with Crippen LogP contribution in [0.25, 0.3) is 10.6 Å². The molecule has 0 saturated carbocycles. The number of hydrogen-bond donors (Lipinski definition) is 0. The maximum absolute atomic E-state index is 13.3. The van der Waals surface area contributed by atoms with Gasteiger partial charge in [-0.05, 0) is 17.7 Å². The van der Waals surface area contributed by atoms with E-state index in [1.165, 1.54) is 23.5 Å². The Balaban J connectivity index is 1.65. The molecule has 0 aliphatic rings. The smallest absolute Gasteiger partial charge is 0.228 e. The molecule has 0 saturated heterocycles. The lowest BCUT2D eigenvalue weighted by Gasteiger charge is -2.16. The third kappa shape index (κ3) is 4.06. The molecule has 5 heteroatoms. The van der Waals surface area contributed by atoms with Crippen molar-refractivity contribution in [2.24, 2.45) is 0 Å². The zero-order valence-corrected chi connectivity index (χ0v) is 14.1. The van der Waals surface area contributed by atoms with Crippen molar-refractivity contribution in [1.29, 1.82) is 0 Å². The van der Waals surface area contributed by atoms with Gasteiger partial charge in [-0.25, -0.2) is 9.37 Å². The van der Waals surface area contributed by atoms with Crippen LogP contribution in [0.1, 0.15) is 11.3 Å². The van der Waals surface area contributed by atoms with Gasteiger partial charge in [-0.15, -0.1) is 11.3 Å². The number of likely N-dealkylation sites (N-methyl/N-ethyl adjacent to an activating group) is 1. The van der Waals surface area contributed by atoms with Gasteiger partial charge in [0, 0.05) is 24.5 Å². The number of carbonyl (C=O) groups excluding carboxylic acids is 1. The SMILES string of the molecule is CN(Cc1ccccc1)C(=O)Cc1csc(-c2cccc(F)c2)n1. The lowest BCUT2D eigenvalue weighted by atomic mass is 10.2. The minimum Gasteiger partial charge on any atom is -0.341 e. The monoisotopic (exact) mass is 340 g/mol. The molecule has 3 nitrogen and oxygen atoms in total. The van der Waals surface area contributed by atoms with Gasteiger partial charge >= 0.3 is 0 Å². The first-order valence-corrected chi connectivity index (χ1v) is 8.48. The zero-order chi connectivity index (χ0) is 16.9. The van der Waals surface area contributed by atoms with Gasteiger partial charge in [0.1, 0.15) is 10.8 Å². The highest BCUT2D eigenvalue weighted by molar-refractivity contribution is 7.13. The summed E-state index contributed by atoms with van der Waals surface area (Å²) in [5.41, 5.74) is 2.53. The van der Waals surface area contributed by atoms with E-state index in [9.17, 15) is 9.18 Å². The lowest BCUT2D eigenvalue weighted by Crippen LogP contribution is -2.27. The van der Waals surface area contributed by atoms with E-state index in [1.807, 2.05) is 41.8 Å². The standard InChI is InChI=1S/C19H17FN2OS/c1-22(12-14-6-3-2-4-7-14)18(23)11-17-13-24-19(21-17)15-8-5-9-16(20)10-15/h2-10,13H,11-12H2,1H3. The van der Waals surface area contributed by atoms with Crippen LogP contribution >= 0.6 is 11.3 Å². The van der Waals surface area contributed by atoms with E-state index in [0.717, 1.165) is 16.1 Å². The predicted octanol–water partition coefficient (Wildman–Crippen LogP) is 4.15. The van der Waals surface area contributed by atoms with Crippen LogP contribution in [0.15, 0.2) is 60.0 Å². The van der Waals surface area contributed by atoms with E-state index in [-0.39, 0.29) is 18.1 Å². The zero-order valence-electron chi connectivity index (χ0n) is 13.3. The molecule has 24 heavy (non-hydrogen) atoms. The van der Waals surface area contributed by atoms with Crippen LogP contribution in [0.2, 0.25) is 0 Å². The van der Waals surface area contributed by atoms with Crippen molar-refractivity contribution in [3.8, 4) is 10.6 Å². The number of hydrogen-bond acceptors (Lipinski definition) is 3. The number of halogens is 1. The number of nitrogens with zero attached hydrogens (tertiary/aromatic N) is 2. The first-order chi connectivity index (χ1) is 11.6. The predicted molar refractivity (Wildman–Crippen MR) is 94.1 cm³/mol. The Morgan fingerprint density at radius 3 is 2.71 bits per heavy atom. The maximum atomic E-state index is 13.3. The summed E-state index contributed by atoms with van der Waals surface area (Å²) in [6.45, 7) is 0.570. The van der Waals surface area contributed by atoms with Crippen LogP contribution in [0.5, 0.6) is 0 Å². The van der Waals surface area contributed by atoms with Gasteiger partial charge in [-0.2, -0.15) is 0 Å².